The van der Waals surface area contributed by atoms with Crippen LogP contribution in [0.1, 0.15) is 0 Å². The van der Waals surface area contributed by atoms with Crippen LogP contribution in [0.2, 0.25) is 0 Å². The van der Waals surface area contributed by atoms with Crippen LogP contribution < -0.4 is 0 Å². The van der Waals surface area contributed by atoms with Crippen molar-refractivity contribution in [2.24, 2.45) is 0 Å². The maximum atomic E-state index is 5.15. The van der Waals surface area contributed by atoms with Crippen molar-refractivity contribution >= 4 is 53.3 Å². The van der Waals surface area contributed by atoms with Gasteiger partial charge in [0.25, 0.3) is 0 Å². The maximum absolute atomic E-state index is 5.15. The number of para-hydroxylation sites is 1. The molecule has 3 aromatic heterocycles. The van der Waals surface area contributed by atoms with Crippen LogP contribution in [0.3, 0.4) is 0 Å². The molecule has 0 unspecified atom stereocenters. The van der Waals surface area contributed by atoms with Gasteiger partial charge in [-0.2, -0.15) is 0 Å². The fraction of sp³-hybridized carbons (Fsp3) is 0. The summed E-state index contributed by atoms with van der Waals surface area (Å²) in [4.78, 5) is 10.0. The third-order valence-corrected chi connectivity index (χ3v) is 8.47. The van der Waals surface area contributed by atoms with Crippen molar-refractivity contribution in [3.8, 4) is 28.3 Å². The van der Waals surface area contributed by atoms with Crippen molar-refractivity contribution in [1.82, 2.24) is 14.5 Å². The molecule has 0 atom stereocenters. The average Bonchev–Trinajstić information content (AvgIpc) is 3.53. The van der Waals surface area contributed by atoms with Crippen LogP contribution in [0.25, 0.3) is 70.3 Å². The molecule has 0 spiro atoms. The zero-order valence-corrected chi connectivity index (χ0v) is 21.2. The highest BCUT2D eigenvalue weighted by atomic mass is 32.1. The molecule has 0 aliphatic carbocycles. The molecule has 5 aromatic carbocycles. The van der Waals surface area contributed by atoms with Gasteiger partial charge < -0.3 is 4.57 Å². The molecule has 8 aromatic rings. The van der Waals surface area contributed by atoms with Gasteiger partial charge in [-0.15, -0.1) is 11.3 Å². The highest BCUT2D eigenvalue weighted by molar-refractivity contribution is 7.26. The molecule has 0 aliphatic rings. The minimum absolute atomic E-state index is 0.723. The molecule has 0 N–H and O–H groups in total. The lowest BCUT2D eigenvalue weighted by atomic mass is 10.1. The summed E-state index contributed by atoms with van der Waals surface area (Å²) in [6.07, 6.45) is 1.98. The van der Waals surface area contributed by atoms with Gasteiger partial charge in [0.05, 0.1) is 28.6 Å². The lowest BCUT2D eigenvalue weighted by Gasteiger charge is -2.14. The van der Waals surface area contributed by atoms with Crippen LogP contribution in [0.15, 0.2) is 128 Å². The first-order chi connectivity index (χ1) is 18.9. The third-order valence-electron chi connectivity index (χ3n) is 7.27. The minimum atomic E-state index is 0.723. The van der Waals surface area contributed by atoms with Gasteiger partial charge in [0.2, 0.25) is 0 Å². The standard InChI is InChI=1S/C34H21N3S/c1-3-11-22(12-4-1)32-29(21-35-34(36-32)23-13-5-2-6-14-23)37-27-17-9-7-16-26(27)31-28(37)20-19-25-24-15-8-10-18-30(24)38-33(25)31/h1-21H. The van der Waals surface area contributed by atoms with E-state index < -0.39 is 0 Å². The number of hydrogen-bond acceptors (Lipinski definition) is 3. The molecule has 0 saturated heterocycles. The van der Waals surface area contributed by atoms with Crippen LogP contribution in [0, 0.1) is 0 Å². The zero-order valence-electron chi connectivity index (χ0n) is 20.4. The summed E-state index contributed by atoms with van der Waals surface area (Å²) in [5, 5.41) is 5.14. The van der Waals surface area contributed by atoms with E-state index in [1.165, 1.54) is 36.5 Å². The molecule has 4 heteroatoms. The quantitative estimate of drug-likeness (QED) is 0.240. The monoisotopic (exact) mass is 503 g/mol. The van der Waals surface area contributed by atoms with E-state index in [1.54, 1.807) is 0 Å². The van der Waals surface area contributed by atoms with Gasteiger partial charge in [-0.1, -0.05) is 103 Å². The Morgan fingerprint density at radius 2 is 1.24 bits per heavy atom. The summed E-state index contributed by atoms with van der Waals surface area (Å²) in [5.74, 6) is 0.723. The predicted octanol–water partition coefficient (Wildman–Crippen LogP) is 9.28. The summed E-state index contributed by atoms with van der Waals surface area (Å²) in [7, 11) is 0. The summed E-state index contributed by atoms with van der Waals surface area (Å²) in [6, 6.07) is 42.5. The SMILES string of the molecule is c1ccc(-c2ncc(-n3c4ccccc4c4c5sc6ccccc6c5ccc43)c(-c3ccccc3)n2)cc1. The first-order valence-electron chi connectivity index (χ1n) is 12.7. The summed E-state index contributed by atoms with van der Waals surface area (Å²) in [6.45, 7) is 0. The van der Waals surface area contributed by atoms with Gasteiger partial charge in [-0.3, -0.25) is 0 Å². The van der Waals surface area contributed by atoms with Crippen molar-refractivity contribution in [2.75, 3.05) is 0 Å². The van der Waals surface area contributed by atoms with Gasteiger partial charge in [0.1, 0.15) is 0 Å². The lowest BCUT2D eigenvalue weighted by molar-refractivity contribution is 1.09. The Bertz CT molecular complexity index is 2120. The molecule has 3 heterocycles. The van der Waals surface area contributed by atoms with E-state index in [1.807, 2.05) is 41.8 Å². The Morgan fingerprint density at radius 1 is 0.553 bits per heavy atom. The number of aromatic nitrogens is 3. The van der Waals surface area contributed by atoms with Crippen molar-refractivity contribution in [1.29, 1.82) is 0 Å². The molecule has 0 amide bonds. The first-order valence-corrected chi connectivity index (χ1v) is 13.5. The molecule has 0 saturated carbocycles. The predicted molar refractivity (Wildman–Crippen MR) is 160 cm³/mol. The number of hydrogen-bond donors (Lipinski definition) is 0. The highest BCUT2D eigenvalue weighted by Crippen LogP contribution is 2.44. The topological polar surface area (TPSA) is 30.7 Å². The molecule has 0 aliphatic heterocycles. The van der Waals surface area contributed by atoms with E-state index in [0.717, 1.165) is 33.8 Å². The second kappa shape index (κ2) is 8.37. The van der Waals surface area contributed by atoms with E-state index in [2.05, 4.69) is 102 Å². The van der Waals surface area contributed by atoms with Crippen LogP contribution in [0.5, 0.6) is 0 Å². The number of nitrogens with zero attached hydrogens (tertiary/aromatic N) is 3. The number of thiophene rings is 1. The Morgan fingerprint density at radius 3 is 2.05 bits per heavy atom. The molecule has 0 fully saturated rings. The van der Waals surface area contributed by atoms with E-state index in [0.29, 0.717) is 0 Å². The van der Waals surface area contributed by atoms with Crippen molar-refractivity contribution < 1.29 is 0 Å². The van der Waals surface area contributed by atoms with E-state index in [-0.39, 0.29) is 0 Å². The zero-order chi connectivity index (χ0) is 25.1. The molecule has 0 radical (unpaired) electrons. The molecule has 178 valence electrons. The molecule has 8 rings (SSSR count). The van der Waals surface area contributed by atoms with Gasteiger partial charge in [0, 0.05) is 42.1 Å². The van der Waals surface area contributed by atoms with Crippen molar-refractivity contribution in [3.05, 3.63) is 128 Å². The largest absolute Gasteiger partial charge is 0.306 e. The van der Waals surface area contributed by atoms with E-state index in [4.69, 9.17) is 9.97 Å². The molecule has 3 nitrogen and oxygen atoms in total. The van der Waals surface area contributed by atoms with Crippen molar-refractivity contribution in [2.45, 2.75) is 0 Å². The number of rotatable bonds is 3. The minimum Gasteiger partial charge on any atom is -0.306 e. The second-order valence-corrected chi connectivity index (χ2v) is 10.5. The summed E-state index contributed by atoms with van der Waals surface area (Å²) in [5.41, 5.74) is 6.28. The molecule has 38 heavy (non-hydrogen) atoms. The van der Waals surface area contributed by atoms with Crippen LogP contribution in [-0.2, 0) is 0 Å². The first kappa shape index (κ1) is 21.3. The average molecular weight is 504 g/mol. The van der Waals surface area contributed by atoms with Gasteiger partial charge >= 0.3 is 0 Å². The third kappa shape index (κ3) is 3.14. The summed E-state index contributed by atoms with van der Waals surface area (Å²) < 4.78 is 4.97. The molecular formula is C34H21N3S. The Labute approximate surface area is 223 Å². The van der Waals surface area contributed by atoms with Crippen LogP contribution in [-0.4, -0.2) is 14.5 Å². The highest BCUT2D eigenvalue weighted by Gasteiger charge is 2.20. The molecule has 0 bridgehead atoms. The van der Waals surface area contributed by atoms with Crippen LogP contribution >= 0.6 is 11.3 Å². The Hall–Kier alpha value is -4.80. The van der Waals surface area contributed by atoms with Gasteiger partial charge in [-0.25, -0.2) is 9.97 Å². The second-order valence-electron chi connectivity index (χ2n) is 9.45. The summed E-state index contributed by atoms with van der Waals surface area (Å²) >= 11 is 1.87. The Balaban J connectivity index is 1.49. The Kier molecular flexibility index (Phi) is 4.69. The normalized spacial score (nSPS) is 11.7. The van der Waals surface area contributed by atoms with E-state index in [9.17, 15) is 0 Å². The fourth-order valence-electron chi connectivity index (χ4n) is 5.57. The smallest absolute Gasteiger partial charge is 0.159 e. The maximum Gasteiger partial charge on any atom is 0.159 e. The number of fused-ring (bicyclic) bond motifs is 7. The molecular weight excluding hydrogens is 482 g/mol. The van der Waals surface area contributed by atoms with E-state index >= 15 is 0 Å². The lowest BCUT2D eigenvalue weighted by Crippen LogP contribution is -2.02. The number of benzene rings is 5. The fourth-order valence-corrected chi connectivity index (χ4v) is 6.83. The van der Waals surface area contributed by atoms with Crippen LogP contribution in [0.4, 0.5) is 0 Å². The van der Waals surface area contributed by atoms with Gasteiger partial charge in [-0.05, 0) is 18.2 Å². The van der Waals surface area contributed by atoms with Gasteiger partial charge in [0.15, 0.2) is 5.82 Å². The van der Waals surface area contributed by atoms with Crippen molar-refractivity contribution in [3.63, 3.8) is 0 Å².